The highest BCUT2D eigenvalue weighted by Gasteiger charge is 2.20. The van der Waals surface area contributed by atoms with Crippen LogP contribution in [0, 0.1) is 11.7 Å². The standard InChI is InChI=1S/C15H24FN3.HI/c1-11(2)9-18-14(17)19-10-15(3,4)12-6-5-7-13(16)8-12;/h5-8,11H,9-10H2,1-4H3,(H3,17,18,19);1H. The number of hydrogen-bond acceptors (Lipinski definition) is 1. The smallest absolute Gasteiger partial charge is 0.188 e. The van der Waals surface area contributed by atoms with E-state index in [4.69, 9.17) is 5.73 Å². The number of nitrogens with two attached hydrogens (primary N) is 1. The lowest BCUT2D eigenvalue weighted by atomic mass is 9.85. The molecule has 0 spiro atoms. The van der Waals surface area contributed by atoms with Gasteiger partial charge in [-0.1, -0.05) is 39.8 Å². The fourth-order valence-electron chi connectivity index (χ4n) is 1.65. The van der Waals surface area contributed by atoms with Gasteiger partial charge in [0, 0.05) is 12.0 Å². The Morgan fingerprint density at radius 2 is 2.05 bits per heavy atom. The van der Waals surface area contributed by atoms with Crippen molar-refractivity contribution >= 4 is 29.9 Å². The van der Waals surface area contributed by atoms with Gasteiger partial charge in [0.1, 0.15) is 5.82 Å². The molecule has 0 atom stereocenters. The highest BCUT2D eigenvalue weighted by molar-refractivity contribution is 14.0. The van der Waals surface area contributed by atoms with Crippen LogP contribution in [0.25, 0.3) is 0 Å². The molecule has 0 saturated carbocycles. The summed E-state index contributed by atoms with van der Waals surface area (Å²) in [4.78, 5) is 4.33. The van der Waals surface area contributed by atoms with Gasteiger partial charge in [0.2, 0.25) is 0 Å². The van der Waals surface area contributed by atoms with Gasteiger partial charge in [-0.15, -0.1) is 24.0 Å². The number of nitrogens with one attached hydrogen (secondary N) is 1. The Kier molecular flexibility index (Phi) is 8.08. The minimum atomic E-state index is -0.244. The van der Waals surface area contributed by atoms with Gasteiger partial charge in [-0.05, 0) is 23.6 Å². The van der Waals surface area contributed by atoms with Crippen LogP contribution in [0.4, 0.5) is 4.39 Å². The van der Waals surface area contributed by atoms with Gasteiger partial charge in [-0.2, -0.15) is 0 Å². The van der Waals surface area contributed by atoms with Gasteiger partial charge in [-0.25, -0.2) is 4.39 Å². The van der Waals surface area contributed by atoms with Gasteiger partial charge in [0.25, 0.3) is 0 Å². The highest BCUT2D eigenvalue weighted by atomic mass is 127. The molecule has 20 heavy (non-hydrogen) atoms. The molecule has 0 aromatic heterocycles. The Morgan fingerprint density at radius 1 is 1.40 bits per heavy atom. The summed E-state index contributed by atoms with van der Waals surface area (Å²) in [6, 6.07) is 6.63. The zero-order chi connectivity index (χ0) is 14.5. The van der Waals surface area contributed by atoms with E-state index in [9.17, 15) is 4.39 Å². The van der Waals surface area contributed by atoms with Crippen molar-refractivity contribution < 1.29 is 4.39 Å². The first-order valence-corrected chi connectivity index (χ1v) is 6.61. The summed E-state index contributed by atoms with van der Waals surface area (Å²) >= 11 is 0. The van der Waals surface area contributed by atoms with Crippen LogP contribution in [-0.2, 0) is 5.41 Å². The maximum Gasteiger partial charge on any atom is 0.188 e. The summed E-state index contributed by atoms with van der Waals surface area (Å²) in [6.45, 7) is 9.60. The Morgan fingerprint density at radius 3 is 2.60 bits per heavy atom. The summed E-state index contributed by atoms with van der Waals surface area (Å²) < 4.78 is 13.2. The number of hydrogen-bond donors (Lipinski definition) is 2. The van der Waals surface area contributed by atoms with Crippen molar-refractivity contribution in [2.45, 2.75) is 33.1 Å². The molecule has 1 aromatic rings. The Hall–Kier alpha value is -0.850. The molecule has 1 rings (SSSR count). The van der Waals surface area contributed by atoms with Crippen LogP contribution < -0.4 is 11.1 Å². The normalized spacial score (nSPS) is 12.2. The number of benzene rings is 1. The van der Waals surface area contributed by atoms with E-state index in [-0.39, 0.29) is 35.2 Å². The zero-order valence-corrected chi connectivity index (χ0v) is 14.9. The molecule has 0 radical (unpaired) electrons. The molecule has 5 heteroatoms. The number of halogens is 2. The second-order valence-electron chi connectivity index (χ2n) is 5.87. The van der Waals surface area contributed by atoms with E-state index in [1.165, 1.54) is 6.07 Å². The van der Waals surface area contributed by atoms with Gasteiger partial charge in [0.15, 0.2) is 5.96 Å². The predicted molar refractivity (Wildman–Crippen MR) is 94.2 cm³/mol. The van der Waals surface area contributed by atoms with Crippen molar-refractivity contribution in [1.29, 1.82) is 0 Å². The molecule has 0 aliphatic carbocycles. The first-order valence-electron chi connectivity index (χ1n) is 6.61. The van der Waals surface area contributed by atoms with Crippen LogP contribution in [0.1, 0.15) is 33.3 Å². The largest absolute Gasteiger partial charge is 0.370 e. The molecule has 0 aliphatic heterocycles. The van der Waals surface area contributed by atoms with Crippen LogP contribution in [-0.4, -0.2) is 19.0 Å². The van der Waals surface area contributed by atoms with Crippen molar-refractivity contribution in [2.75, 3.05) is 13.1 Å². The first-order chi connectivity index (χ1) is 8.81. The van der Waals surface area contributed by atoms with E-state index < -0.39 is 0 Å². The van der Waals surface area contributed by atoms with Crippen LogP contribution >= 0.6 is 24.0 Å². The highest BCUT2D eigenvalue weighted by Crippen LogP contribution is 2.23. The van der Waals surface area contributed by atoms with Crippen molar-refractivity contribution in [1.82, 2.24) is 5.32 Å². The second-order valence-corrected chi connectivity index (χ2v) is 5.87. The van der Waals surface area contributed by atoms with Gasteiger partial charge < -0.3 is 11.1 Å². The summed E-state index contributed by atoms with van der Waals surface area (Å²) in [5.74, 6) is 0.739. The van der Waals surface area contributed by atoms with Gasteiger partial charge >= 0.3 is 0 Å². The molecule has 1 aromatic carbocycles. The third-order valence-electron chi connectivity index (χ3n) is 2.94. The minimum absolute atomic E-state index is 0. The van der Waals surface area contributed by atoms with E-state index in [0.717, 1.165) is 12.1 Å². The van der Waals surface area contributed by atoms with Crippen molar-refractivity contribution in [2.24, 2.45) is 16.6 Å². The maximum absolute atomic E-state index is 13.2. The molecule has 0 aliphatic rings. The van der Waals surface area contributed by atoms with Gasteiger partial charge in [-0.3, -0.25) is 4.99 Å². The quantitative estimate of drug-likeness (QED) is 0.458. The number of rotatable bonds is 5. The molecular formula is C15H25FIN3. The van der Waals surface area contributed by atoms with Crippen LogP contribution in [0.2, 0.25) is 0 Å². The lowest BCUT2D eigenvalue weighted by Gasteiger charge is -2.23. The number of nitrogens with zero attached hydrogens (tertiary/aromatic N) is 1. The summed E-state index contributed by atoms with van der Waals surface area (Å²) in [7, 11) is 0. The van der Waals surface area contributed by atoms with Crippen LogP contribution in [0.15, 0.2) is 29.3 Å². The summed E-state index contributed by atoms with van der Waals surface area (Å²) in [5, 5.41) is 3.07. The average molecular weight is 393 g/mol. The first kappa shape index (κ1) is 19.1. The third kappa shape index (κ3) is 6.54. The van der Waals surface area contributed by atoms with Crippen molar-refractivity contribution in [3.05, 3.63) is 35.6 Å². The average Bonchev–Trinajstić information content (AvgIpc) is 2.34. The SMILES string of the molecule is CC(C)CNC(N)=NCC(C)(C)c1cccc(F)c1.I. The lowest BCUT2D eigenvalue weighted by Crippen LogP contribution is -2.35. The van der Waals surface area contributed by atoms with E-state index in [2.05, 4.69) is 24.2 Å². The second kappa shape index (κ2) is 8.44. The van der Waals surface area contributed by atoms with Crippen LogP contribution in [0.5, 0.6) is 0 Å². The monoisotopic (exact) mass is 393 g/mol. The zero-order valence-electron chi connectivity index (χ0n) is 12.6. The summed E-state index contributed by atoms with van der Waals surface area (Å²) in [5.41, 5.74) is 6.48. The topological polar surface area (TPSA) is 50.4 Å². The molecular weight excluding hydrogens is 368 g/mol. The Balaban J connectivity index is 0.00000361. The minimum Gasteiger partial charge on any atom is -0.370 e. The van der Waals surface area contributed by atoms with E-state index >= 15 is 0 Å². The van der Waals surface area contributed by atoms with Crippen molar-refractivity contribution in [3.63, 3.8) is 0 Å². The van der Waals surface area contributed by atoms with Gasteiger partial charge in [0.05, 0.1) is 6.54 Å². The molecule has 3 N–H and O–H groups in total. The Labute approximate surface area is 138 Å². The summed E-state index contributed by atoms with van der Waals surface area (Å²) in [6.07, 6.45) is 0. The lowest BCUT2D eigenvalue weighted by molar-refractivity contribution is 0.529. The molecule has 0 heterocycles. The molecule has 0 fully saturated rings. The molecule has 0 unspecified atom stereocenters. The molecule has 3 nitrogen and oxygen atoms in total. The van der Waals surface area contributed by atoms with E-state index in [1.807, 2.05) is 19.9 Å². The molecule has 0 amide bonds. The number of aliphatic imine (C=N–C) groups is 1. The van der Waals surface area contributed by atoms with Crippen LogP contribution in [0.3, 0.4) is 0 Å². The predicted octanol–water partition coefficient (Wildman–Crippen LogP) is 3.28. The fourth-order valence-corrected chi connectivity index (χ4v) is 1.65. The Bertz CT molecular complexity index is 444. The third-order valence-corrected chi connectivity index (χ3v) is 2.94. The molecule has 114 valence electrons. The molecule has 0 saturated heterocycles. The maximum atomic E-state index is 13.2. The van der Waals surface area contributed by atoms with Crippen molar-refractivity contribution in [3.8, 4) is 0 Å². The van der Waals surface area contributed by atoms with E-state index in [0.29, 0.717) is 18.4 Å². The van der Waals surface area contributed by atoms with E-state index in [1.54, 1.807) is 12.1 Å². The fraction of sp³-hybridized carbons (Fsp3) is 0.533. The number of guanidine groups is 1. The molecule has 0 bridgehead atoms.